The number of carbonyl (C=O) groups excluding carboxylic acids is 1. The number of aryl methyl sites for hydroxylation is 1. The van der Waals surface area contributed by atoms with Crippen molar-refractivity contribution in [1.29, 1.82) is 0 Å². The summed E-state index contributed by atoms with van der Waals surface area (Å²) in [6, 6.07) is 8.83. The molecule has 0 radical (unpaired) electrons. The van der Waals surface area contributed by atoms with Gasteiger partial charge >= 0.3 is 6.09 Å². The summed E-state index contributed by atoms with van der Waals surface area (Å²) in [5.41, 5.74) is 2.71. The quantitative estimate of drug-likeness (QED) is 0.353. The third kappa shape index (κ3) is 4.89. The van der Waals surface area contributed by atoms with Crippen LogP contribution in [0.2, 0.25) is 0 Å². The third-order valence-corrected chi connectivity index (χ3v) is 6.76. The minimum Gasteiger partial charge on any atom is -0.496 e. The average molecular weight is 497 g/mol. The number of methoxy groups -OCH3 is 1. The van der Waals surface area contributed by atoms with Gasteiger partial charge in [0.1, 0.15) is 21.9 Å². The van der Waals surface area contributed by atoms with Crippen molar-refractivity contribution in [2.75, 3.05) is 20.7 Å². The molecule has 0 unspecified atom stereocenters. The van der Waals surface area contributed by atoms with Gasteiger partial charge in [-0.1, -0.05) is 12.1 Å². The van der Waals surface area contributed by atoms with E-state index in [1.807, 2.05) is 30.5 Å². The third-order valence-electron chi connectivity index (χ3n) is 5.85. The zero-order valence-corrected chi connectivity index (χ0v) is 21.6. The zero-order chi connectivity index (χ0) is 25.5. The predicted octanol–water partition coefficient (Wildman–Crippen LogP) is 6.28. The minimum absolute atomic E-state index is 0.141. The van der Waals surface area contributed by atoms with Gasteiger partial charge in [-0.15, -0.1) is 11.3 Å². The molecule has 0 saturated carbocycles. The molecule has 0 fully saturated rings. The lowest BCUT2D eigenvalue weighted by Crippen LogP contribution is -2.35. The fourth-order valence-electron chi connectivity index (χ4n) is 4.14. The highest BCUT2D eigenvalue weighted by Crippen LogP contribution is 2.42. The van der Waals surface area contributed by atoms with Gasteiger partial charge < -0.3 is 19.4 Å². The van der Waals surface area contributed by atoms with E-state index in [0.29, 0.717) is 40.1 Å². The van der Waals surface area contributed by atoms with Crippen molar-refractivity contribution in [3.05, 3.63) is 63.0 Å². The molecular formula is C27H29FN2O4S. The summed E-state index contributed by atoms with van der Waals surface area (Å²) in [5, 5.41) is 3.52. The Kier molecular flexibility index (Phi) is 6.60. The van der Waals surface area contributed by atoms with Crippen LogP contribution < -0.4 is 10.3 Å². The van der Waals surface area contributed by atoms with Gasteiger partial charge in [0.05, 0.1) is 12.6 Å². The summed E-state index contributed by atoms with van der Waals surface area (Å²) in [4.78, 5) is 29.2. The maximum Gasteiger partial charge on any atom is 0.410 e. The Morgan fingerprint density at radius 1 is 1.20 bits per heavy atom. The second-order valence-corrected chi connectivity index (χ2v) is 10.5. The summed E-state index contributed by atoms with van der Waals surface area (Å²) in [6.45, 7) is 7.64. The number of H-pyrrole nitrogens is 1. The molecule has 0 aliphatic rings. The summed E-state index contributed by atoms with van der Waals surface area (Å²) in [7, 11) is 3.22. The van der Waals surface area contributed by atoms with E-state index in [1.54, 1.807) is 41.0 Å². The number of aromatic amines is 1. The molecule has 2 aromatic heterocycles. The lowest BCUT2D eigenvalue weighted by molar-refractivity contribution is 0.0300. The van der Waals surface area contributed by atoms with Crippen LogP contribution in [-0.4, -0.2) is 42.3 Å². The maximum absolute atomic E-state index is 15.3. The molecule has 4 rings (SSSR count). The lowest BCUT2D eigenvalue weighted by atomic mass is 9.94. The largest absolute Gasteiger partial charge is 0.496 e. The van der Waals surface area contributed by atoms with Crippen LogP contribution in [0.15, 0.2) is 40.5 Å². The van der Waals surface area contributed by atoms with Crippen molar-refractivity contribution in [2.24, 2.45) is 0 Å². The van der Waals surface area contributed by atoms with E-state index in [4.69, 9.17) is 9.47 Å². The van der Waals surface area contributed by atoms with Crippen LogP contribution >= 0.6 is 11.3 Å². The van der Waals surface area contributed by atoms with E-state index in [-0.39, 0.29) is 11.4 Å². The van der Waals surface area contributed by atoms with Gasteiger partial charge in [-0.05, 0) is 74.4 Å². The van der Waals surface area contributed by atoms with Crippen LogP contribution in [0, 0.1) is 12.7 Å². The molecule has 0 saturated heterocycles. The topological polar surface area (TPSA) is 71.6 Å². The molecule has 1 N–H and O–H groups in total. The van der Waals surface area contributed by atoms with E-state index < -0.39 is 11.7 Å². The minimum atomic E-state index is -0.591. The first-order valence-electron chi connectivity index (χ1n) is 11.3. The zero-order valence-electron chi connectivity index (χ0n) is 20.7. The van der Waals surface area contributed by atoms with Crippen molar-refractivity contribution in [1.82, 2.24) is 9.88 Å². The number of benzene rings is 2. The molecule has 35 heavy (non-hydrogen) atoms. The molecular weight excluding hydrogens is 467 g/mol. The highest BCUT2D eigenvalue weighted by Gasteiger charge is 2.21. The number of pyridine rings is 1. The first-order chi connectivity index (χ1) is 16.5. The molecule has 0 atom stereocenters. The number of hydrogen-bond donors (Lipinski definition) is 1. The SMILES string of the molecule is COc1cc(C)c2[nH]c(=O)c3sccc3c2c1-c1ccc(CCN(C)C(=O)OC(C)(C)C)c(F)c1. The first kappa shape index (κ1) is 24.7. The number of thiophene rings is 1. The highest BCUT2D eigenvalue weighted by atomic mass is 32.1. The molecule has 2 heterocycles. The van der Waals surface area contributed by atoms with Crippen LogP contribution in [0.4, 0.5) is 9.18 Å². The van der Waals surface area contributed by atoms with Crippen LogP contribution in [0.3, 0.4) is 0 Å². The molecule has 0 spiro atoms. The number of nitrogens with zero attached hydrogens (tertiary/aromatic N) is 1. The second-order valence-electron chi connectivity index (χ2n) is 9.60. The number of hydrogen-bond acceptors (Lipinski definition) is 5. The predicted molar refractivity (Wildman–Crippen MR) is 139 cm³/mol. The number of nitrogens with one attached hydrogen (secondary N) is 1. The van der Waals surface area contributed by atoms with E-state index in [2.05, 4.69) is 4.98 Å². The summed E-state index contributed by atoms with van der Waals surface area (Å²) < 4.78 is 26.9. The average Bonchev–Trinajstić information content (AvgIpc) is 3.28. The number of likely N-dealkylation sites (N-methyl/N-ethyl adjacent to an activating group) is 1. The molecule has 0 aliphatic carbocycles. The normalized spacial score (nSPS) is 11.7. The molecule has 0 aliphatic heterocycles. The van der Waals surface area contributed by atoms with E-state index in [1.165, 1.54) is 22.3 Å². The Morgan fingerprint density at radius 2 is 1.94 bits per heavy atom. The molecule has 1 amide bonds. The highest BCUT2D eigenvalue weighted by molar-refractivity contribution is 7.17. The molecule has 8 heteroatoms. The fraction of sp³-hybridized carbons (Fsp3) is 0.333. The standard InChI is InChI=1S/C27H29FN2O4S/c1-15-13-20(33-6)21(22-18-10-12-35-24(18)25(31)29-23(15)22)17-8-7-16(19(28)14-17)9-11-30(5)26(32)34-27(2,3)4/h7-8,10,12-14H,9,11H2,1-6H3,(H,29,31). The van der Waals surface area contributed by atoms with Gasteiger partial charge in [0, 0.05) is 29.9 Å². The number of ether oxygens (including phenoxy) is 2. The van der Waals surface area contributed by atoms with Crippen molar-refractivity contribution in [3.8, 4) is 16.9 Å². The van der Waals surface area contributed by atoms with E-state index >= 15 is 4.39 Å². The number of rotatable bonds is 5. The Balaban J connectivity index is 1.73. The molecule has 6 nitrogen and oxygen atoms in total. The number of halogens is 1. The number of fused-ring (bicyclic) bond motifs is 3. The molecule has 0 bridgehead atoms. The Bertz CT molecular complexity index is 1480. The van der Waals surface area contributed by atoms with Crippen molar-refractivity contribution in [2.45, 2.75) is 39.7 Å². The summed E-state index contributed by atoms with van der Waals surface area (Å²) in [5.74, 6) is 0.230. The Hall–Kier alpha value is -3.39. The van der Waals surface area contributed by atoms with Crippen molar-refractivity contribution < 1.29 is 18.7 Å². The molecule has 184 valence electrons. The fourth-order valence-corrected chi connectivity index (χ4v) is 4.94. The van der Waals surface area contributed by atoms with Gasteiger partial charge in [-0.2, -0.15) is 0 Å². The van der Waals surface area contributed by atoms with Gasteiger partial charge in [0.25, 0.3) is 5.56 Å². The Morgan fingerprint density at radius 3 is 2.60 bits per heavy atom. The van der Waals surface area contributed by atoms with Crippen LogP contribution in [0.1, 0.15) is 31.9 Å². The lowest BCUT2D eigenvalue weighted by Gasteiger charge is -2.24. The van der Waals surface area contributed by atoms with Crippen LogP contribution in [0.25, 0.3) is 32.1 Å². The van der Waals surface area contributed by atoms with Gasteiger partial charge in [-0.25, -0.2) is 9.18 Å². The first-order valence-corrected chi connectivity index (χ1v) is 12.2. The van der Waals surface area contributed by atoms with Gasteiger partial charge in [-0.3, -0.25) is 4.79 Å². The smallest absolute Gasteiger partial charge is 0.410 e. The van der Waals surface area contributed by atoms with E-state index in [9.17, 15) is 9.59 Å². The second kappa shape index (κ2) is 9.34. The Labute approximate surface area is 207 Å². The van der Waals surface area contributed by atoms with Crippen molar-refractivity contribution in [3.63, 3.8) is 0 Å². The van der Waals surface area contributed by atoms with Gasteiger partial charge in [0.15, 0.2) is 0 Å². The maximum atomic E-state index is 15.3. The van der Waals surface area contributed by atoms with Crippen LogP contribution in [-0.2, 0) is 11.2 Å². The summed E-state index contributed by atoms with van der Waals surface area (Å²) >= 11 is 1.37. The summed E-state index contributed by atoms with van der Waals surface area (Å²) in [6.07, 6.45) is -0.102. The number of aromatic nitrogens is 1. The number of amides is 1. The van der Waals surface area contributed by atoms with E-state index in [0.717, 1.165) is 21.9 Å². The van der Waals surface area contributed by atoms with Crippen molar-refractivity contribution >= 4 is 38.4 Å². The van der Waals surface area contributed by atoms with Gasteiger partial charge in [0.2, 0.25) is 0 Å². The number of carbonyl (C=O) groups is 1. The molecule has 4 aromatic rings. The van der Waals surface area contributed by atoms with Crippen LogP contribution in [0.5, 0.6) is 5.75 Å². The molecule has 2 aromatic carbocycles. The monoisotopic (exact) mass is 496 g/mol.